The molecule has 8 heteroatoms. The number of benzene rings is 1. The van der Waals surface area contributed by atoms with Gasteiger partial charge in [0.05, 0.1) is 5.69 Å². The maximum atomic E-state index is 8.65. The number of rotatable bonds is 6. The zero-order valence-corrected chi connectivity index (χ0v) is 12.1. The van der Waals surface area contributed by atoms with Gasteiger partial charge in [-0.3, -0.25) is 0 Å². The van der Waals surface area contributed by atoms with E-state index in [0.717, 1.165) is 5.69 Å². The van der Waals surface area contributed by atoms with Gasteiger partial charge < -0.3 is 15.8 Å². The Hall–Kier alpha value is -2.64. The Labute approximate surface area is 122 Å². The molecule has 0 saturated carbocycles. The van der Waals surface area contributed by atoms with Crippen molar-refractivity contribution >= 4 is 11.8 Å². The van der Waals surface area contributed by atoms with E-state index in [0.29, 0.717) is 18.9 Å². The molecule has 8 nitrogen and oxygen atoms in total. The molecule has 112 valence electrons. The molecule has 0 amide bonds. The largest absolute Gasteiger partial charge is 0.409 e. The molecule has 0 fully saturated rings. The van der Waals surface area contributed by atoms with Crippen LogP contribution in [0.2, 0.25) is 0 Å². The molecule has 0 aliphatic rings. The highest BCUT2D eigenvalue weighted by Crippen LogP contribution is 2.17. The van der Waals surface area contributed by atoms with E-state index in [2.05, 4.69) is 20.7 Å². The van der Waals surface area contributed by atoms with E-state index < -0.39 is 0 Å². The Morgan fingerprint density at radius 3 is 2.71 bits per heavy atom. The van der Waals surface area contributed by atoms with Crippen LogP contribution in [0.15, 0.2) is 35.5 Å². The normalized spacial score (nSPS) is 11.9. The molecule has 3 N–H and O–H groups in total. The SMILES string of the molecule is CC(C)N(CCC(N)=NO)c1nnnn1-c1ccccc1. The molecule has 0 saturated heterocycles. The average Bonchev–Trinajstić information content (AvgIpc) is 2.97. The fourth-order valence-corrected chi connectivity index (χ4v) is 1.97. The predicted molar refractivity (Wildman–Crippen MR) is 79.7 cm³/mol. The van der Waals surface area contributed by atoms with Gasteiger partial charge in [0.15, 0.2) is 0 Å². The Bertz CT molecular complexity index is 594. The Morgan fingerprint density at radius 2 is 2.10 bits per heavy atom. The first kappa shape index (κ1) is 14.8. The van der Waals surface area contributed by atoms with Crippen molar-refractivity contribution in [3.63, 3.8) is 0 Å². The number of hydrogen-bond donors (Lipinski definition) is 2. The number of hydrogen-bond acceptors (Lipinski definition) is 6. The fraction of sp³-hybridized carbons (Fsp3) is 0.385. The van der Waals surface area contributed by atoms with Gasteiger partial charge in [0, 0.05) is 19.0 Å². The molecule has 2 aromatic rings. The third-order valence-electron chi connectivity index (χ3n) is 3.07. The number of nitrogens with two attached hydrogens (primary N) is 1. The minimum absolute atomic E-state index is 0.171. The maximum absolute atomic E-state index is 8.65. The van der Waals surface area contributed by atoms with Crippen molar-refractivity contribution in [2.75, 3.05) is 11.4 Å². The highest BCUT2D eigenvalue weighted by molar-refractivity contribution is 5.80. The van der Waals surface area contributed by atoms with Crippen molar-refractivity contribution in [1.29, 1.82) is 0 Å². The van der Waals surface area contributed by atoms with Crippen LogP contribution in [-0.4, -0.2) is 43.8 Å². The first-order chi connectivity index (χ1) is 10.1. The van der Waals surface area contributed by atoms with Crippen molar-refractivity contribution in [3.8, 4) is 5.69 Å². The lowest BCUT2D eigenvalue weighted by Crippen LogP contribution is -2.36. The van der Waals surface area contributed by atoms with Crippen molar-refractivity contribution < 1.29 is 5.21 Å². The smallest absolute Gasteiger partial charge is 0.250 e. The van der Waals surface area contributed by atoms with Crippen LogP contribution in [-0.2, 0) is 0 Å². The number of anilines is 1. The van der Waals surface area contributed by atoms with E-state index in [1.54, 1.807) is 4.68 Å². The van der Waals surface area contributed by atoms with Gasteiger partial charge in [-0.2, -0.15) is 4.68 Å². The lowest BCUT2D eigenvalue weighted by Gasteiger charge is -2.26. The second-order valence-corrected chi connectivity index (χ2v) is 4.85. The molecule has 0 bridgehead atoms. The molecule has 0 aliphatic heterocycles. The van der Waals surface area contributed by atoms with Crippen molar-refractivity contribution in [2.45, 2.75) is 26.3 Å². The van der Waals surface area contributed by atoms with E-state index in [1.807, 2.05) is 49.1 Å². The summed E-state index contributed by atoms with van der Waals surface area (Å²) >= 11 is 0. The molecule has 1 aromatic heterocycles. The van der Waals surface area contributed by atoms with E-state index in [1.165, 1.54) is 0 Å². The Morgan fingerprint density at radius 1 is 1.38 bits per heavy atom. The molecule has 0 spiro atoms. The maximum Gasteiger partial charge on any atom is 0.250 e. The summed E-state index contributed by atoms with van der Waals surface area (Å²) < 4.78 is 1.67. The van der Waals surface area contributed by atoms with Gasteiger partial charge in [0.2, 0.25) is 0 Å². The van der Waals surface area contributed by atoms with Gasteiger partial charge in [-0.05, 0) is 36.4 Å². The molecular formula is C13H19N7O. The van der Waals surface area contributed by atoms with Crippen LogP contribution in [0.4, 0.5) is 5.95 Å². The van der Waals surface area contributed by atoms with Crippen LogP contribution >= 0.6 is 0 Å². The van der Waals surface area contributed by atoms with Crippen LogP contribution in [0.5, 0.6) is 0 Å². The topological polar surface area (TPSA) is 105 Å². The zero-order valence-electron chi connectivity index (χ0n) is 12.1. The van der Waals surface area contributed by atoms with Crippen LogP contribution in [0.25, 0.3) is 5.69 Å². The van der Waals surface area contributed by atoms with Gasteiger partial charge in [-0.15, -0.1) is 0 Å². The predicted octanol–water partition coefficient (Wildman–Crippen LogP) is 1.01. The van der Waals surface area contributed by atoms with Gasteiger partial charge in [-0.1, -0.05) is 28.5 Å². The van der Waals surface area contributed by atoms with Gasteiger partial charge in [0.25, 0.3) is 5.95 Å². The van der Waals surface area contributed by atoms with Gasteiger partial charge in [0.1, 0.15) is 5.84 Å². The zero-order chi connectivity index (χ0) is 15.2. The van der Waals surface area contributed by atoms with Crippen LogP contribution in [0.1, 0.15) is 20.3 Å². The van der Waals surface area contributed by atoms with Crippen LogP contribution in [0.3, 0.4) is 0 Å². The van der Waals surface area contributed by atoms with Crippen molar-refractivity contribution in [1.82, 2.24) is 20.2 Å². The quantitative estimate of drug-likeness (QED) is 0.356. The van der Waals surface area contributed by atoms with E-state index in [-0.39, 0.29) is 11.9 Å². The van der Waals surface area contributed by atoms with Crippen LogP contribution < -0.4 is 10.6 Å². The molecular weight excluding hydrogens is 270 g/mol. The Balaban J connectivity index is 2.28. The van der Waals surface area contributed by atoms with Gasteiger partial charge >= 0.3 is 0 Å². The van der Waals surface area contributed by atoms with Gasteiger partial charge in [-0.25, -0.2) is 0 Å². The van der Waals surface area contributed by atoms with Crippen molar-refractivity contribution in [3.05, 3.63) is 30.3 Å². The second kappa shape index (κ2) is 6.69. The number of tetrazole rings is 1. The molecule has 0 unspecified atom stereocenters. The fourth-order valence-electron chi connectivity index (χ4n) is 1.97. The average molecular weight is 289 g/mol. The minimum Gasteiger partial charge on any atom is -0.409 e. The lowest BCUT2D eigenvalue weighted by atomic mass is 10.3. The van der Waals surface area contributed by atoms with E-state index in [9.17, 15) is 0 Å². The number of oxime groups is 1. The first-order valence-corrected chi connectivity index (χ1v) is 6.70. The molecule has 0 radical (unpaired) electrons. The monoisotopic (exact) mass is 289 g/mol. The summed E-state index contributed by atoms with van der Waals surface area (Å²) in [6, 6.07) is 9.83. The lowest BCUT2D eigenvalue weighted by molar-refractivity contribution is 0.317. The third-order valence-corrected chi connectivity index (χ3v) is 3.07. The number of para-hydroxylation sites is 1. The number of aromatic nitrogens is 4. The summed E-state index contributed by atoms with van der Waals surface area (Å²) in [6.45, 7) is 4.63. The summed E-state index contributed by atoms with van der Waals surface area (Å²) in [7, 11) is 0. The molecule has 0 atom stereocenters. The minimum atomic E-state index is 0.171. The summed E-state index contributed by atoms with van der Waals surface area (Å²) in [6.07, 6.45) is 0.427. The molecule has 1 heterocycles. The van der Waals surface area contributed by atoms with E-state index >= 15 is 0 Å². The second-order valence-electron chi connectivity index (χ2n) is 4.85. The third kappa shape index (κ3) is 3.47. The first-order valence-electron chi connectivity index (χ1n) is 6.70. The highest BCUT2D eigenvalue weighted by atomic mass is 16.4. The molecule has 0 aliphatic carbocycles. The summed E-state index contributed by atoms with van der Waals surface area (Å²) in [5.74, 6) is 0.807. The standard InChI is InChI=1S/C13H19N7O/c1-10(2)19(9-8-12(14)16-21)13-15-17-18-20(13)11-6-4-3-5-7-11/h3-7,10,21H,8-9H2,1-2H3,(H2,14,16). The van der Waals surface area contributed by atoms with Crippen LogP contribution in [0, 0.1) is 0 Å². The number of amidine groups is 1. The molecule has 1 aromatic carbocycles. The van der Waals surface area contributed by atoms with E-state index in [4.69, 9.17) is 10.9 Å². The molecule has 2 rings (SSSR count). The Kier molecular flexibility index (Phi) is 4.70. The summed E-state index contributed by atoms with van der Waals surface area (Å²) in [5, 5.41) is 23.5. The van der Waals surface area contributed by atoms with Crippen molar-refractivity contribution in [2.24, 2.45) is 10.9 Å². The summed E-state index contributed by atoms with van der Waals surface area (Å²) in [5.41, 5.74) is 6.42. The summed E-state index contributed by atoms with van der Waals surface area (Å²) in [4.78, 5) is 2.00. The highest BCUT2D eigenvalue weighted by Gasteiger charge is 2.19. The molecule has 21 heavy (non-hydrogen) atoms. The number of nitrogens with zero attached hydrogens (tertiary/aromatic N) is 6.